The van der Waals surface area contributed by atoms with Gasteiger partial charge in [-0.2, -0.15) is 0 Å². The maximum absolute atomic E-state index is 11.7. The van der Waals surface area contributed by atoms with Crippen LogP contribution in [0.5, 0.6) is 11.5 Å². The Balaban J connectivity index is 2.52. The molecule has 1 aromatic carbocycles. The number of aliphatic carboxylic acids is 1. The number of carbonyl (C=O) groups is 2. The van der Waals surface area contributed by atoms with Gasteiger partial charge in [0.2, 0.25) is 5.91 Å². The predicted molar refractivity (Wildman–Crippen MR) is 77.5 cm³/mol. The zero-order chi connectivity index (χ0) is 15.8. The molecule has 0 fully saturated rings. The first-order valence-corrected chi connectivity index (χ1v) is 6.79. The molecule has 0 unspecified atom stereocenters. The van der Waals surface area contributed by atoms with Crippen LogP contribution in [0.2, 0.25) is 0 Å². The van der Waals surface area contributed by atoms with Crippen LogP contribution in [0.15, 0.2) is 24.3 Å². The summed E-state index contributed by atoms with van der Waals surface area (Å²) in [6.07, 6.45) is -0.0559. The molecule has 0 heterocycles. The second-order valence-electron chi connectivity index (χ2n) is 4.62. The zero-order valence-corrected chi connectivity index (χ0v) is 12.5. The van der Waals surface area contributed by atoms with Crippen LogP contribution < -0.4 is 14.8 Å². The molecule has 0 aromatic heterocycles. The fraction of sp³-hybridized carbons (Fsp3) is 0.467. The summed E-state index contributed by atoms with van der Waals surface area (Å²) in [6, 6.07) is 7.19. The Hall–Kier alpha value is -2.24. The molecule has 0 spiro atoms. The lowest BCUT2D eigenvalue weighted by Gasteiger charge is -2.18. The van der Waals surface area contributed by atoms with E-state index in [-0.39, 0.29) is 19.1 Å². The molecule has 6 nitrogen and oxygen atoms in total. The van der Waals surface area contributed by atoms with E-state index in [0.29, 0.717) is 11.5 Å². The van der Waals surface area contributed by atoms with Gasteiger partial charge in [0.1, 0.15) is 12.0 Å². The first-order chi connectivity index (χ1) is 9.99. The molecule has 1 rings (SSSR count). The molecule has 0 aliphatic rings. The second kappa shape index (κ2) is 8.14. The summed E-state index contributed by atoms with van der Waals surface area (Å²) in [6.45, 7) is 3.67. The molecule has 116 valence electrons. The molecular formula is C15H21NO5. The number of para-hydroxylation sites is 2. The van der Waals surface area contributed by atoms with Crippen molar-refractivity contribution in [2.45, 2.75) is 26.4 Å². The summed E-state index contributed by atoms with van der Waals surface area (Å²) in [7, 11) is 1.55. The van der Waals surface area contributed by atoms with Gasteiger partial charge in [-0.3, -0.25) is 9.59 Å². The van der Waals surface area contributed by atoms with Crippen molar-refractivity contribution in [1.82, 2.24) is 5.32 Å². The molecule has 0 bridgehead atoms. The highest BCUT2D eigenvalue weighted by atomic mass is 16.5. The summed E-state index contributed by atoms with van der Waals surface area (Å²) in [4.78, 5) is 22.6. The van der Waals surface area contributed by atoms with Gasteiger partial charge < -0.3 is 19.9 Å². The van der Waals surface area contributed by atoms with E-state index >= 15 is 0 Å². The fourth-order valence-electron chi connectivity index (χ4n) is 1.81. The minimum absolute atomic E-state index is 0.223. The van der Waals surface area contributed by atoms with Crippen molar-refractivity contribution in [3.8, 4) is 11.5 Å². The minimum Gasteiger partial charge on any atom is -0.493 e. The van der Waals surface area contributed by atoms with E-state index in [9.17, 15) is 9.59 Å². The maximum atomic E-state index is 11.7. The highest BCUT2D eigenvalue weighted by Crippen LogP contribution is 2.26. The van der Waals surface area contributed by atoms with Gasteiger partial charge in [0.25, 0.3) is 0 Å². The first-order valence-electron chi connectivity index (χ1n) is 6.79. The molecule has 2 N–H and O–H groups in total. The number of rotatable bonds is 8. The van der Waals surface area contributed by atoms with Crippen molar-refractivity contribution in [2.75, 3.05) is 13.7 Å². The Kier molecular flexibility index (Phi) is 6.52. The normalized spacial score (nSPS) is 13.1. The van der Waals surface area contributed by atoms with Crippen molar-refractivity contribution in [3.05, 3.63) is 24.3 Å². The summed E-state index contributed by atoms with van der Waals surface area (Å²) in [5.41, 5.74) is 0. The van der Waals surface area contributed by atoms with E-state index < -0.39 is 17.8 Å². The molecule has 2 atom stereocenters. The number of hydrogen-bond acceptors (Lipinski definition) is 4. The highest BCUT2D eigenvalue weighted by molar-refractivity contribution is 5.96. The van der Waals surface area contributed by atoms with Crippen molar-refractivity contribution in [3.63, 3.8) is 0 Å². The third-order valence-corrected chi connectivity index (χ3v) is 2.98. The van der Waals surface area contributed by atoms with Crippen LogP contribution >= 0.6 is 0 Å². The van der Waals surface area contributed by atoms with Gasteiger partial charge in [0.15, 0.2) is 11.5 Å². The monoisotopic (exact) mass is 295 g/mol. The standard InChI is InChI=1S/C15H21NO5/c1-4-11(15(18)19)14(17)16-9-10(2)21-13-8-6-5-7-12(13)20-3/h5-8,10-11H,4,9H2,1-3H3,(H,16,17)(H,18,19)/t10-,11+/m1/s1. The van der Waals surface area contributed by atoms with Gasteiger partial charge in [-0.25, -0.2) is 0 Å². The number of methoxy groups -OCH3 is 1. The summed E-state index contributed by atoms with van der Waals surface area (Å²) >= 11 is 0. The van der Waals surface area contributed by atoms with Crippen molar-refractivity contribution < 1.29 is 24.2 Å². The molecule has 0 saturated carbocycles. The number of carboxylic acids is 1. The molecule has 0 aliphatic heterocycles. The largest absolute Gasteiger partial charge is 0.493 e. The quantitative estimate of drug-likeness (QED) is 0.713. The Morgan fingerprint density at radius 2 is 1.90 bits per heavy atom. The molecule has 0 saturated heterocycles. The number of hydrogen-bond donors (Lipinski definition) is 2. The fourth-order valence-corrected chi connectivity index (χ4v) is 1.81. The van der Waals surface area contributed by atoms with Crippen LogP contribution in [-0.2, 0) is 9.59 Å². The number of benzene rings is 1. The Morgan fingerprint density at radius 1 is 1.29 bits per heavy atom. The highest BCUT2D eigenvalue weighted by Gasteiger charge is 2.24. The average molecular weight is 295 g/mol. The lowest BCUT2D eigenvalue weighted by Crippen LogP contribution is -2.39. The number of carbonyl (C=O) groups excluding carboxylic acids is 1. The van der Waals surface area contributed by atoms with Gasteiger partial charge in [-0.1, -0.05) is 19.1 Å². The van der Waals surface area contributed by atoms with Crippen LogP contribution in [0.3, 0.4) is 0 Å². The molecular weight excluding hydrogens is 274 g/mol. The molecule has 0 radical (unpaired) electrons. The van der Waals surface area contributed by atoms with E-state index in [4.69, 9.17) is 14.6 Å². The SMILES string of the molecule is CC[C@H](C(=O)O)C(=O)NC[C@@H](C)Oc1ccccc1OC. The Labute approximate surface area is 124 Å². The lowest BCUT2D eigenvalue weighted by molar-refractivity contribution is -0.147. The molecule has 6 heteroatoms. The summed E-state index contributed by atoms with van der Waals surface area (Å²) in [5, 5.41) is 11.5. The van der Waals surface area contributed by atoms with Gasteiger partial charge in [-0.05, 0) is 25.5 Å². The number of nitrogens with one attached hydrogen (secondary N) is 1. The summed E-state index contributed by atoms with van der Waals surface area (Å²) in [5.74, 6) is -1.46. The number of amides is 1. The minimum atomic E-state index is -1.12. The molecule has 1 amide bonds. The third kappa shape index (κ3) is 4.98. The van der Waals surface area contributed by atoms with Crippen molar-refractivity contribution >= 4 is 11.9 Å². The van der Waals surface area contributed by atoms with Crippen molar-refractivity contribution in [2.24, 2.45) is 5.92 Å². The van der Waals surface area contributed by atoms with E-state index in [1.807, 2.05) is 12.1 Å². The van der Waals surface area contributed by atoms with E-state index in [2.05, 4.69) is 5.32 Å². The van der Waals surface area contributed by atoms with Gasteiger partial charge in [0, 0.05) is 0 Å². The van der Waals surface area contributed by atoms with Gasteiger partial charge in [0.05, 0.1) is 13.7 Å². The van der Waals surface area contributed by atoms with Gasteiger partial charge >= 0.3 is 5.97 Å². The molecule has 21 heavy (non-hydrogen) atoms. The predicted octanol–water partition coefficient (Wildman–Crippen LogP) is 1.69. The van der Waals surface area contributed by atoms with E-state index in [0.717, 1.165) is 0 Å². The van der Waals surface area contributed by atoms with Crippen LogP contribution in [-0.4, -0.2) is 36.7 Å². The molecule has 1 aromatic rings. The van der Waals surface area contributed by atoms with Crippen molar-refractivity contribution in [1.29, 1.82) is 0 Å². The third-order valence-electron chi connectivity index (χ3n) is 2.98. The lowest BCUT2D eigenvalue weighted by atomic mass is 10.1. The second-order valence-corrected chi connectivity index (χ2v) is 4.62. The van der Waals surface area contributed by atoms with Gasteiger partial charge in [-0.15, -0.1) is 0 Å². The van der Waals surface area contributed by atoms with E-state index in [1.165, 1.54) is 0 Å². The van der Waals surface area contributed by atoms with Crippen LogP contribution in [0.25, 0.3) is 0 Å². The maximum Gasteiger partial charge on any atom is 0.316 e. The Morgan fingerprint density at radius 3 is 2.43 bits per heavy atom. The zero-order valence-electron chi connectivity index (χ0n) is 12.5. The average Bonchev–Trinajstić information content (AvgIpc) is 2.46. The number of ether oxygens (including phenoxy) is 2. The van der Waals surface area contributed by atoms with Crippen LogP contribution in [0.1, 0.15) is 20.3 Å². The number of carboxylic acid groups (broad SMARTS) is 1. The van der Waals surface area contributed by atoms with Crippen LogP contribution in [0.4, 0.5) is 0 Å². The topological polar surface area (TPSA) is 84.9 Å². The van der Waals surface area contributed by atoms with E-state index in [1.54, 1.807) is 33.1 Å². The first kappa shape index (κ1) is 16.8. The smallest absolute Gasteiger partial charge is 0.316 e. The molecule has 0 aliphatic carbocycles. The Bertz CT molecular complexity index is 489. The summed E-state index contributed by atoms with van der Waals surface area (Å²) < 4.78 is 10.8. The van der Waals surface area contributed by atoms with Crippen LogP contribution in [0, 0.1) is 5.92 Å².